The van der Waals surface area contributed by atoms with Gasteiger partial charge in [-0.15, -0.1) is 0 Å². The number of benzene rings is 1. The first-order valence-electron chi connectivity index (χ1n) is 9.82. The van der Waals surface area contributed by atoms with Crippen molar-refractivity contribution in [1.29, 1.82) is 0 Å². The number of rotatable bonds is 7. The molecule has 0 radical (unpaired) electrons. The Morgan fingerprint density at radius 1 is 1.12 bits per heavy atom. The van der Waals surface area contributed by atoms with Gasteiger partial charge in [-0.3, -0.25) is 9.48 Å². The van der Waals surface area contributed by atoms with Gasteiger partial charge in [0.15, 0.2) is 0 Å². The lowest BCUT2D eigenvalue weighted by molar-refractivity contribution is -0.135. The van der Waals surface area contributed by atoms with Crippen LogP contribution in [0.2, 0.25) is 0 Å². The highest BCUT2D eigenvalue weighted by atomic mass is 16.2. The van der Waals surface area contributed by atoms with E-state index in [2.05, 4.69) is 47.3 Å². The molecule has 0 spiro atoms. The Bertz CT molecular complexity index is 656. The normalized spacial score (nSPS) is 17.0. The van der Waals surface area contributed by atoms with Crippen LogP contribution in [0.3, 0.4) is 0 Å². The summed E-state index contributed by atoms with van der Waals surface area (Å²) in [6, 6.07) is 12.4. The van der Waals surface area contributed by atoms with Gasteiger partial charge < -0.3 is 9.80 Å². The summed E-state index contributed by atoms with van der Waals surface area (Å²) in [6.07, 6.45) is 7.75. The topological polar surface area (TPSA) is 41.4 Å². The molecule has 2 aromatic rings. The highest BCUT2D eigenvalue weighted by Crippen LogP contribution is 2.16. The predicted octanol–water partition coefficient (Wildman–Crippen LogP) is 3.00. The third-order valence-corrected chi connectivity index (χ3v) is 5.20. The summed E-state index contributed by atoms with van der Waals surface area (Å²) in [5.74, 6) is 0.210. The Labute approximate surface area is 156 Å². The standard InChI is InChI=1S/C21H30N4O/c1-2-20(25-16-7-12-22-25)21(26)24-15-8-14-23(17-18-24)13-6-11-19-9-4-3-5-10-19/h3-5,7,9-10,12,16,20H,2,6,8,11,13-15,17-18H2,1H3/t20-/m0/s1. The molecule has 1 aliphatic heterocycles. The summed E-state index contributed by atoms with van der Waals surface area (Å²) in [5.41, 5.74) is 1.41. The molecule has 0 unspecified atom stereocenters. The van der Waals surface area contributed by atoms with E-state index >= 15 is 0 Å². The van der Waals surface area contributed by atoms with Crippen molar-refractivity contribution < 1.29 is 4.79 Å². The van der Waals surface area contributed by atoms with E-state index < -0.39 is 0 Å². The number of hydrogen-bond acceptors (Lipinski definition) is 3. The van der Waals surface area contributed by atoms with Crippen LogP contribution in [-0.4, -0.2) is 58.2 Å². The maximum absolute atomic E-state index is 12.9. The van der Waals surface area contributed by atoms with E-state index in [1.165, 1.54) is 12.0 Å². The lowest BCUT2D eigenvalue weighted by Gasteiger charge is -2.26. The van der Waals surface area contributed by atoms with Crippen LogP contribution in [0, 0.1) is 0 Å². The summed E-state index contributed by atoms with van der Waals surface area (Å²) in [7, 11) is 0. The van der Waals surface area contributed by atoms with Crippen LogP contribution in [-0.2, 0) is 11.2 Å². The SMILES string of the molecule is CC[C@@H](C(=O)N1CCCN(CCCc2ccccc2)CC1)n1cccn1. The molecule has 1 aliphatic rings. The van der Waals surface area contributed by atoms with E-state index in [1.54, 1.807) is 10.9 Å². The Kier molecular flexibility index (Phi) is 6.83. The van der Waals surface area contributed by atoms with Gasteiger partial charge >= 0.3 is 0 Å². The van der Waals surface area contributed by atoms with Gasteiger partial charge in [0.05, 0.1) is 0 Å². The highest BCUT2D eigenvalue weighted by molar-refractivity contribution is 5.80. The second-order valence-corrected chi connectivity index (χ2v) is 7.02. The average Bonchev–Trinajstić information content (AvgIpc) is 3.09. The molecular weight excluding hydrogens is 324 g/mol. The second kappa shape index (κ2) is 9.53. The molecule has 0 aliphatic carbocycles. The summed E-state index contributed by atoms with van der Waals surface area (Å²) >= 11 is 0. The van der Waals surface area contributed by atoms with Gasteiger partial charge in [-0.05, 0) is 50.4 Å². The van der Waals surface area contributed by atoms with Crippen molar-refractivity contribution in [2.24, 2.45) is 0 Å². The molecule has 0 N–H and O–H groups in total. The highest BCUT2D eigenvalue weighted by Gasteiger charge is 2.26. The molecule has 26 heavy (non-hydrogen) atoms. The van der Waals surface area contributed by atoms with Crippen molar-refractivity contribution in [2.75, 3.05) is 32.7 Å². The van der Waals surface area contributed by atoms with Crippen LogP contribution in [0.1, 0.15) is 37.8 Å². The van der Waals surface area contributed by atoms with Crippen molar-refractivity contribution in [3.05, 3.63) is 54.4 Å². The number of carbonyl (C=O) groups excluding carboxylic acids is 1. The maximum atomic E-state index is 12.9. The number of aryl methyl sites for hydroxylation is 1. The molecule has 5 heteroatoms. The molecule has 5 nitrogen and oxygen atoms in total. The number of nitrogens with zero attached hydrogens (tertiary/aromatic N) is 4. The fourth-order valence-corrected chi connectivity index (χ4v) is 3.72. The van der Waals surface area contributed by atoms with E-state index in [0.717, 1.165) is 52.0 Å². The Hall–Kier alpha value is -2.14. The predicted molar refractivity (Wildman–Crippen MR) is 104 cm³/mol. The second-order valence-electron chi connectivity index (χ2n) is 7.02. The third-order valence-electron chi connectivity index (χ3n) is 5.20. The van der Waals surface area contributed by atoms with Crippen molar-refractivity contribution in [3.63, 3.8) is 0 Å². The van der Waals surface area contributed by atoms with E-state index in [0.29, 0.717) is 0 Å². The van der Waals surface area contributed by atoms with Gasteiger partial charge in [-0.1, -0.05) is 37.3 Å². The van der Waals surface area contributed by atoms with Crippen LogP contribution in [0.4, 0.5) is 0 Å². The molecule has 1 aromatic heterocycles. The summed E-state index contributed by atoms with van der Waals surface area (Å²) in [6.45, 7) is 6.88. The number of amides is 1. The van der Waals surface area contributed by atoms with Crippen molar-refractivity contribution in [1.82, 2.24) is 19.6 Å². The first-order valence-corrected chi connectivity index (χ1v) is 9.82. The van der Waals surface area contributed by atoms with E-state index in [-0.39, 0.29) is 11.9 Å². The molecule has 1 fully saturated rings. The Morgan fingerprint density at radius 3 is 2.69 bits per heavy atom. The number of carbonyl (C=O) groups is 1. The molecule has 0 saturated carbocycles. The van der Waals surface area contributed by atoms with Gasteiger partial charge in [-0.2, -0.15) is 5.10 Å². The third kappa shape index (κ3) is 4.94. The minimum absolute atomic E-state index is 0.172. The zero-order chi connectivity index (χ0) is 18.2. The van der Waals surface area contributed by atoms with Crippen LogP contribution in [0.5, 0.6) is 0 Å². The van der Waals surface area contributed by atoms with Crippen LogP contribution in [0.25, 0.3) is 0 Å². The van der Waals surface area contributed by atoms with Crippen molar-refractivity contribution in [3.8, 4) is 0 Å². The quantitative estimate of drug-likeness (QED) is 0.767. The van der Waals surface area contributed by atoms with Gasteiger partial charge in [0.1, 0.15) is 6.04 Å². The summed E-state index contributed by atoms with van der Waals surface area (Å²) in [5, 5.41) is 4.27. The van der Waals surface area contributed by atoms with Crippen LogP contribution >= 0.6 is 0 Å². The molecule has 1 amide bonds. The van der Waals surface area contributed by atoms with Gasteiger partial charge in [0.2, 0.25) is 5.91 Å². The van der Waals surface area contributed by atoms with Crippen LogP contribution in [0.15, 0.2) is 48.8 Å². The minimum atomic E-state index is -0.172. The lowest BCUT2D eigenvalue weighted by Crippen LogP contribution is -2.40. The van der Waals surface area contributed by atoms with E-state index in [4.69, 9.17) is 0 Å². The van der Waals surface area contributed by atoms with Gasteiger partial charge in [-0.25, -0.2) is 0 Å². The first-order chi connectivity index (χ1) is 12.8. The van der Waals surface area contributed by atoms with Crippen LogP contribution < -0.4 is 0 Å². The number of hydrogen-bond donors (Lipinski definition) is 0. The molecule has 0 bridgehead atoms. The largest absolute Gasteiger partial charge is 0.340 e. The van der Waals surface area contributed by atoms with Crippen molar-refractivity contribution >= 4 is 5.91 Å². The summed E-state index contributed by atoms with van der Waals surface area (Å²) < 4.78 is 1.80. The molecule has 2 heterocycles. The molecule has 3 rings (SSSR count). The smallest absolute Gasteiger partial charge is 0.247 e. The monoisotopic (exact) mass is 354 g/mol. The molecule has 1 saturated heterocycles. The fraction of sp³-hybridized carbons (Fsp3) is 0.524. The molecular formula is C21H30N4O. The summed E-state index contributed by atoms with van der Waals surface area (Å²) in [4.78, 5) is 17.5. The van der Waals surface area contributed by atoms with E-state index in [9.17, 15) is 4.79 Å². The average molecular weight is 354 g/mol. The Morgan fingerprint density at radius 2 is 1.96 bits per heavy atom. The zero-order valence-electron chi connectivity index (χ0n) is 15.8. The maximum Gasteiger partial charge on any atom is 0.247 e. The minimum Gasteiger partial charge on any atom is -0.340 e. The zero-order valence-corrected chi connectivity index (χ0v) is 15.8. The molecule has 140 valence electrons. The molecule has 1 atom stereocenters. The Balaban J connectivity index is 1.47. The van der Waals surface area contributed by atoms with Crippen molar-refractivity contribution in [2.45, 2.75) is 38.6 Å². The number of aromatic nitrogens is 2. The lowest BCUT2D eigenvalue weighted by atomic mass is 10.1. The molecule has 1 aromatic carbocycles. The first kappa shape index (κ1) is 18.6. The fourth-order valence-electron chi connectivity index (χ4n) is 3.72. The van der Waals surface area contributed by atoms with Gasteiger partial charge in [0.25, 0.3) is 0 Å². The van der Waals surface area contributed by atoms with E-state index in [1.807, 2.05) is 17.2 Å². The van der Waals surface area contributed by atoms with Gasteiger partial charge in [0, 0.05) is 32.0 Å².